The van der Waals surface area contributed by atoms with Crippen LogP contribution in [-0.4, -0.2) is 48.6 Å². The Hall–Kier alpha value is -3.34. The van der Waals surface area contributed by atoms with E-state index in [1.165, 1.54) is 16.4 Å². The molecule has 33 heavy (non-hydrogen) atoms. The number of aliphatic imine (C=N–C) groups is 2. The Bertz CT molecular complexity index is 1310. The van der Waals surface area contributed by atoms with E-state index in [1.54, 1.807) is 30.7 Å². The molecular weight excluding hydrogens is 442 g/mol. The summed E-state index contributed by atoms with van der Waals surface area (Å²) in [5.41, 5.74) is 1.45. The highest BCUT2D eigenvalue weighted by atomic mass is 32.2. The third-order valence-corrected chi connectivity index (χ3v) is 6.53. The molecule has 4 heterocycles. The fourth-order valence-corrected chi connectivity index (χ4v) is 4.52. The van der Waals surface area contributed by atoms with Gasteiger partial charge in [0.25, 0.3) is 17.4 Å². The summed E-state index contributed by atoms with van der Waals surface area (Å²) >= 11 is 1.45. The number of carbonyl (C=O) groups excluding carboxylic acids is 2. The molecule has 10 nitrogen and oxygen atoms in total. The van der Waals surface area contributed by atoms with Gasteiger partial charge in [-0.25, -0.2) is 9.98 Å². The fraction of sp³-hybridized carbons (Fsp3) is 0.409. The van der Waals surface area contributed by atoms with Crippen molar-refractivity contribution in [1.82, 2.24) is 19.3 Å². The third-order valence-electron chi connectivity index (χ3n) is 5.42. The zero-order valence-corrected chi connectivity index (χ0v) is 20.0. The molecule has 1 atom stereocenters. The van der Waals surface area contributed by atoms with E-state index < -0.39 is 5.91 Å². The molecule has 2 aromatic rings. The zero-order chi connectivity index (χ0) is 24.1. The van der Waals surface area contributed by atoms with Gasteiger partial charge in [-0.3, -0.25) is 19.0 Å². The molecule has 1 unspecified atom stereocenters. The number of anilines is 1. The fourth-order valence-electron chi connectivity index (χ4n) is 3.42. The summed E-state index contributed by atoms with van der Waals surface area (Å²) in [5.74, 6) is 0.202. The molecule has 0 radical (unpaired) electrons. The van der Waals surface area contributed by atoms with E-state index in [4.69, 9.17) is 0 Å². The number of hydrogen-bond donors (Lipinski definition) is 1. The van der Waals surface area contributed by atoms with Gasteiger partial charge in [0, 0.05) is 35.4 Å². The van der Waals surface area contributed by atoms with Gasteiger partial charge in [0.15, 0.2) is 5.16 Å². The van der Waals surface area contributed by atoms with Crippen LogP contribution in [0.1, 0.15) is 51.4 Å². The highest BCUT2D eigenvalue weighted by Crippen LogP contribution is 2.32. The van der Waals surface area contributed by atoms with Crippen LogP contribution in [0.2, 0.25) is 0 Å². The lowest BCUT2D eigenvalue weighted by Crippen LogP contribution is -2.29. The summed E-state index contributed by atoms with van der Waals surface area (Å²) in [6, 6.07) is 1.44. The largest absolute Gasteiger partial charge is 0.310 e. The first-order valence-electron chi connectivity index (χ1n) is 10.4. The van der Waals surface area contributed by atoms with Gasteiger partial charge < -0.3 is 5.32 Å². The quantitative estimate of drug-likeness (QED) is 0.546. The van der Waals surface area contributed by atoms with Crippen LogP contribution in [0, 0.1) is 6.92 Å². The Kier molecular flexibility index (Phi) is 5.69. The molecule has 0 spiro atoms. The summed E-state index contributed by atoms with van der Waals surface area (Å²) in [7, 11) is 0. The summed E-state index contributed by atoms with van der Waals surface area (Å²) in [4.78, 5) is 50.4. The number of thioether (sulfide) groups is 1. The van der Waals surface area contributed by atoms with E-state index >= 15 is 0 Å². The number of fused-ring (bicyclic) bond motifs is 1. The zero-order valence-electron chi connectivity index (χ0n) is 19.2. The van der Waals surface area contributed by atoms with Crippen molar-refractivity contribution < 1.29 is 9.59 Å². The van der Waals surface area contributed by atoms with Gasteiger partial charge in [-0.2, -0.15) is 14.8 Å². The number of aryl methyl sites for hydroxylation is 1. The van der Waals surface area contributed by atoms with E-state index in [2.05, 4.69) is 32.0 Å². The Labute approximate surface area is 194 Å². The second-order valence-corrected chi connectivity index (χ2v) is 10.1. The maximum Gasteiger partial charge on any atom is 0.281 e. The van der Waals surface area contributed by atoms with Crippen LogP contribution in [0.25, 0.3) is 0 Å². The van der Waals surface area contributed by atoms with Gasteiger partial charge in [0.2, 0.25) is 5.91 Å². The lowest BCUT2D eigenvalue weighted by atomic mass is 9.92. The Morgan fingerprint density at radius 3 is 2.67 bits per heavy atom. The van der Waals surface area contributed by atoms with E-state index in [9.17, 15) is 14.4 Å². The molecule has 2 aromatic heterocycles. The van der Waals surface area contributed by atoms with E-state index in [-0.39, 0.29) is 40.9 Å². The lowest BCUT2D eigenvalue weighted by molar-refractivity contribution is -0.117. The van der Waals surface area contributed by atoms with E-state index in [0.717, 1.165) is 0 Å². The maximum absolute atomic E-state index is 13.0. The standard InChI is InChI=1S/C22H25N7O3S/c1-11-9-23-21-28(19(11)32)14(10-33-21)7-17(30)25-16-8-15(22(4,5)6)27-29(16)20-24-13(3)12(2)18(31)26-20/h8-9,14H,2,7,10H2,1,3-6H3,(H,25,30). The summed E-state index contributed by atoms with van der Waals surface area (Å²) in [6.07, 6.45) is 1.64. The van der Waals surface area contributed by atoms with Gasteiger partial charge >= 0.3 is 0 Å². The molecule has 2 amide bonds. The van der Waals surface area contributed by atoms with Gasteiger partial charge in [0.1, 0.15) is 5.82 Å². The molecule has 172 valence electrons. The number of nitrogens with one attached hydrogen (secondary N) is 1. The molecular formula is C22H25N7O3S. The van der Waals surface area contributed by atoms with Crippen molar-refractivity contribution in [3.05, 3.63) is 46.0 Å². The number of carbonyl (C=O) groups is 2. The molecule has 0 saturated carbocycles. The van der Waals surface area contributed by atoms with Gasteiger partial charge in [-0.15, -0.1) is 0 Å². The predicted octanol–water partition coefficient (Wildman–Crippen LogP) is 2.48. The number of rotatable bonds is 3. The minimum atomic E-state index is -0.496. The van der Waals surface area contributed by atoms with Crippen molar-refractivity contribution >= 4 is 41.1 Å². The molecule has 0 saturated heterocycles. The second kappa shape index (κ2) is 8.22. The number of amides is 2. The minimum absolute atomic E-state index is 0.0634. The Balaban J connectivity index is 1.63. The van der Waals surface area contributed by atoms with Crippen molar-refractivity contribution in [2.45, 2.75) is 57.7 Å². The molecule has 0 fully saturated rings. The second-order valence-electron chi connectivity index (χ2n) is 9.09. The van der Waals surface area contributed by atoms with Crippen LogP contribution >= 0.6 is 11.8 Å². The molecule has 1 N–H and O–H groups in total. The first kappa shape index (κ1) is 22.8. The van der Waals surface area contributed by atoms with Crippen LogP contribution in [0.15, 0.2) is 44.4 Å². The molecule has 11 heteroatoms. The third kappa shape index (κ3) is 4.32. The van der Waals surface area contributed by atoms with Crippen molar-refractivity contribution in [1.29, 1.82) is 0 Å². The summed E-state index contributed by atoms with van der Waals surface area (Å²) in [6.45, 7) is 13.0. The number of nitrogens with zero attached hydrogens (tertiary/aromatic N) is 6. The highest BCUT2D eigenvalue weighted by Gasteiger charge is 2.29. The van der Waals surface area contributed by atoms with Gasteiger partial charge in [-0.05, 0) is 13.8 Å². The molecule has 0 aliphatic carbocycles. The molecule has 0 aromatic carbocycles. The molecule has 2 aliphatic heterocycles. The van der Waals surface area contributed by atoms with Crippen LogP contribution in [0.5, 0.6) is 0 Å². The normalized spacial score (nSPS) is 18.2. The highest BCUT2D eigenvalue weighted by molar-refractivity contribution is 7.99. The smallest absolute Gasteiger partial charge is 0.281 e. The van der Waals surface area contributed by atoms with Crippen LogP contribution in [-0.2, 0) is 15.0 Å². The summed E-state index contributed by atoms with van der Waals surface area (Å²) < 4.78 is 2.95. The van der Waals surface area contributed by atoms with Crippen molar-refractivity contribution in [2.75, 3.05) is 11.1 Å². The monoisotopic (exact) mass is 467 g/mol. The summed E-state index contributed by atoms with van der Waals surface area (Å²) in [5, 5.41) is 8.04. The first-order valence-corrected chi connectivity index (χ1v) is 11.4. The van der Waals surface area contributed by atoms with E-state index in [1.807, 2.05) is 20.8 Å². The predicted molar refractivity (Wildman–Crippen MR) is 127 cm³/mol. The van der Waals surface area contributed by atoms with Crippen molar-refractivity contribution in [2.24, 2.45) is 9.98 Å². The Morgan fingerprint density at radius 2 is 2.00 bits per heavy atom. The van der Waals surface area contributed by atoms with E-state index in [0.29, 0.717) is 33.7 Å². The number of aromatic nitrogens is 4. The topological polar surface area (TPSA) is 124 Å². The maximum atomic E-state index is 13.0. The first-order chi connectivity index (χ1) is 15.5. The lowest BCUT2D eigenvalue weighted by Gasteiger charge is -2.15. The van der Waals surface area contributed by atoms with Crippen molar-refractivity contribution in [3.63, 3.8) is 0 Å². The van der Waals surface area contributed by atoms with Crippen LogP contribution in [0.3, 0.4) is 0 Å². The average molecular weight is 468 g/mol. The minimum Gasteiger partial charge on any atom is -0.310 e. The molecule has 2 aliphatic rings. The van der Waals surface area contributed by atoms with Crippen LogP contribution < -0.4 is 10.9 Å². The average Bonchev–Trinajstić information content (AvgIpc) is 3.33. The molecule has 4 rings (SSSR count). The van der Waals surface area contributed by atoms with Gasteiger partial charge in [-0.1, -0.05) is 39.1 Å². The van der Waals surface area contributed by atoms with Crippen LogP contribution in [0.4, 0.5) is 5.82 Å². The van der Waals surface area contributed by atoms with Gasteiger partial charge in [0.05, 0.1) is 23.0 Å². The van der Waals surface area contributed by atoms with Crippen molar-refractivity contribution in [3.8, 4) is 0 Å². The SMILES string of the molecule is C=C1C(=O)N=C(n2nc(C(C)(C)C)cc2NC(=O)CC2CSc3ncc(C)c(=O)n32)N=C1C. The molecule has 0 bridgehead atoms. The number of hydrogen-bond acceptors (Lipinski definition) is 7. The Morgan fingerprint density at radius 1 is 1.27 bits per heavy atom.